The van der Waals surface area contributed by atoms with E-state index in [9.17, 15) is 14.0 Å². The van der Waals surface area contributed by atoms with Gasteiger partial charge in [0.05, 0.1) is 0 Å². The van der Waals surface area contributed by atoms with Crippen LogP contribution in [0.4, 0.5) is 10.2 Å². The first-order valence-corrected chi connectivity index (χ1v) is 8.53. The predicted molar refractivity (Wildman–Crippen MR) is 94.2 cm³/mol. The highest BCUT2D eigenvalue weighted by atomic mass is 19.1. The van der Waals surface area contributed by atoms with Crippen LogP contribution in [0.3, 0.4) is 0 Å². The van der Waals surface area contributed by atoms with Crippen LogP contribution in [0.2, 0.25) is 0 Å². The van der Waals surface area contributed by atoms with Gasteiger partial charge in [0.2, 0.25) is 0 Å². The number of carbonyl (C=O) groups is 1. The van der Waals surface area contributed by atoms with Gasteiger partial charge in [0.15, 0.2) is 5.82 Å². The summed E-state index contributed by atoms with van der Waals surface area (Å²) >= 11 is 0. The monoisotopic (exact) mass is 343 g/mol. The molecule has 0 aliphatic carbocycles. The van der Waals surface area contributed by atoms with Crippen LogP contribution in [0.25, 0.3) is 0 Å². The van der Waals surface area contributed by atoms with Crippen LogP contribution in [0.15, 0.2) is 41.5 Å². The van der Waals surface area contributed by atoms with E-state index in [-0.39, 0.29) is 23.1 Å². The Bertz CT molecular complexity index is 825. The molecular weight excluding hydrogens is 321 g/mol. The van der Waals surface area contributed by atoms with Crippen molar-refractivity contribution < 1.29 is 9.18 Å². The highest BCUT2D eigenvalue weighted by Crippen LogP contribution is 2.28. The Balaban J connectivity index is 1.68. The second kappa shape index (κ2) is 7.17. The Morgan fingerprint density at radius 3 is 2.64 bits per heavy atom. The van der Waals surface area contributed by atoms with Crippen LogP contribution in [0.1, 0.15) is 31.2 Å². The van der Waals surface area contributed by atoms with Gasteiger partial charge in [-0.25, -0.2) is 9.37 Å². The van der Waals surface area contributed by atoms with E-state index in [4.69, 9.17) is 0 Å². The van der Waals surface area contributed by atoms with E-state index in [1.54, 1.807) is 44.6 Å². The van der Waals surface area contributed by atoms with E-state index in [1.807, 2.05) is 4.90 Å². The lowest BCUT2D eigenvalue weighted by Gasteiger charge is -2.32. The van der Waals surface area contributed by atoms with E-state index in [2.05, 4.69) is 4.98 Å². The van der Waals surface area contributed by atoms with Gasteiger partial charge in [-0.05, 0) is 24.5 Å². The number of hydrogen-bond donors (Lipinski definition) is 0. The lowest BCUT2D eigenvalue weighted by atomic mass is 9.83. The second-order valence-corrected chi connectivity index (χ2v) is 6.57. The maximum absolute atomic E-state index is 13.9. The molecular formula is C19H22FN3O2. The van der Waals surface area contributed by atoms with Gasteiger partial charge in [0.25, 0.3) is 5.56 Å². The molecule has 1 aromatic carbocycles. The van der Waals surface area contributed by atoms with Crippen molar-refractivity contribution in [2.45, 2.75) is 25.7 Å². The summed E-state index contributed by atoms with van der Waals surface area (Å²) in [6.45, 7) is 2.97. The number of benzene rings is 1. The summed E-state index contributed by atoms with van der Waals surface area (Å²) in [5.41, 5.74) is 0.320. The molecule has 0 N–H and O–H groups in total. The summed E-state index contributed by atoms with van der Waals surface area (Å²) < 4.78 is 15.4. The lowest BCUT2D eigenvalue weighted by Crippen LogP contribution is -2.41. The molecule has 0 saturated carbocycles. The van der Waals surface area contributed by atoms with Crippen LogP contribution in [0, 0.1) is 11.7 Å². The quantitative estimate of drug-likeness (QED) is 0.856. The minimum atomic E-state index is -0.458. The van der Waals surface area contributed by atoms with Gasteiger partial charge in [-0.1, -0.05) is 25.1 Å². The fraction of sp³-hybridized carbons (Fsp3) is 0.421. The normalized spacial score (nSPS) is 16.7. The molecule has 1 saturated heterocycles. The average molecular weight is 343 g/mol. The van der Waals surface area contributed by atoms with Gasteiger partial charge in [0, 0.05) is 44.4 Å². The molecule has 1 aliphatic rings. The molecule has 6 heteroatoms. The van der Waals surface area contributed by atoms with E-state index >= 15 is 0 Å². The highest BCUT2D eigenvalue weighted by molar-refractivity contribution is 5.87. The van der Waals surface area contributed by atoms with Crippen molar-refractivity contribution in [1.82, 2.24) is 9.55 Å². The molecule has 132 valence electrons. The van der Waals surface area contributed by atoms with Crippen LogP contribution in [0.5, 0.6) is 0 Å². The van der Waals surface area contributed by atoms with Gasteiger partial charge in [0.1, 0.15) is 11.6 Å². The van der Waals surface area contributed by atoms with Crippen LogP contribution in [-0.2, 0) is 11.8 Å². The Morgan fingerprint density at radius 1 is 1.28 bits per heavy atom. The van der Waals surface area contributed by atoms with Crippen molar-refractivity contribution in [2.75, 3.05) is 18.0 Å². The molecule has 1 aliphatic heterocycles. The molecule has 0 bridgehead atoms. The second-order valence-electron chi connectivity index (χ2n) is 6.57. The number of anilines is 1. The van der Waals surface area contributed by atoms with Crippen molar-refractivity contribution in [1.29, 1.82) is 0 Å². The number of Topliss-reactive ketones (excluding diaryl/α,β-unsaturated/α-hetero) is 1. The first kappa shape index (κ1) is 17.3. The standard InChI is InChI=1S/C19H22FN3O2/c1-13(15-5-3-4-6-16(15)20)17(24)14-7-10-23(11-8-14)18-19(25)22(2)12-9-21-18/h3-6,9,12-14H,7-8,10-11H2,1-2H3. The Labute approximate surface area is 146 Å². The fourth-order valence-electron chi connectivity index (χ4n) is 3.41. The van der Waals surface area contributed by atoms with Crippen molar-refractivity contribution >= 4 is 11.6 Å². The molecule has 1 aromatic heterocycles. The van der Waals surface area contributed by atoms with Gasteiger partial charge >= 0.3 is 0 Å². The maximum atomic E-state index is 13.9. The Morgan fingerprint density at radius 2 is 1.96 bits per heavy atom. The fourth-order valence-corrected chi connectivity index (χ4v) is 3.41. The highest BCUT2D eigenvalue weighted by Gasteiger charge is 2.30. The number of piperidine rings is 1. The minimum Gasteiger partial charge on any atom is -0.352 e. The molecule has 0 radical (unpaired) electrons. The number of aryl methyl sites for hydroxylation is 1. The average Bonchev–Trinajstić information content (AvgIpc) is 2.63. The number of halogens is 1. The predicted octanol–water partition coefficient (Wildman–Crippen LogP) is 2.51. The number of hydrogen-bond acceptors (Lipinski definition) is 4. The first-order valence-electron chi connectivity index (χ1n) is 8.53. The largest absolute Gasteiger partial charge is 0.352 e. The summed E-state index contributed by atoms with van der Waals surface area (Å²) in [7, 11) is 1.69. The zero-order valence-electron chi connectivity index (χ0n) is 14.5. The Kier molecular flexibility index (Phi) is 4.97. The van der Waals surface area contributed by atoms with E-state index in [0.717, 1.165) is 0 Å². The molecule has 0 amide bonds. The molecule has 1 atom stereocenters. The maximum Gasteiger partial charge on any atom is 0.293 e. The van der Waals surface area contributed by atoms with Crippen molar-refractivity contribution in [3.8, 4) is 0 Å². The number of nitrogens with zero attached hydrogens (tertiary/aromatic N) is 3. The molecule has 25 heavy (non-hydrogen) atoms. The SMILES string of the molecule is CC(C(=O)C1CCN(c2nccn(C)c2=O)CC1)c1ccccc1F. The molecule has 3 rings (SSSR count). The number of aromatic nitrogens is 2. The number of carbonyl (C=O) groups excluding carboxylic acids is 1. The van der Waals surface area contributed by atoms with Crippen LogP contribution in [-0.4, -0.2) is 28.4 Å². The minimum absolute atomic E-state index is 0.0682. The van der Waals surface area contributed by atoms with Crippen molar-refractivity contribution in [3.05, 3.63) is 58.4 Å². The third-order valence-electron chi connectivity index (χ3n) is 4.99. The third kappa shape index (κ3) is 3.48. The molecule has 0 spiro atoms. The number of rotatable bonds is 4. The lowest BCUT2D eigenvalue weighted by molar-refractivity contribution is -0.124. The van der Waals surface area contributed by atoms with E-state index in [1.165, 1.54) is 10.6 Å². The van der Waals surface area contributed by atoms with Crippen LogP contribution < -0.4 is 10.5 Å². The van der Waals surface area contributed by atoms with Crippen molar-refractivity contribution in [3.63, 3.8) is 0 Å². The summed E-state index contributed by atoms with van der Waals surface area (Å²) in [4.78, 5) is 31.0. The summed E-state index contributed by atoms with van der Waals surface area (Å²) in [6.07, 6.45) is 4.53. The Hall–Kier alpha value is -2.50. The topological polar surface area (TPSA) is 55.2 Å². The smallest absolute Gasteiger partial charge is 0.293 e. The zero-order valence-corrected chi connectivity index (χ0v) is 14.5. The van der Waals surface area contributed by atoms with Gasteiger partial charge < -0.3 is 9.47 Å². The first-order chi connectivity index (χ1) is 12.0. The molecule has 2 heterocycles. The molecule has 5 nitrogen and oxygen atoms in total. The number of ketones is 1. The van der Waals surface area contributed by atoms with Gasteiger partial charge in [-0.2, -0.15) is 0 Å². The van der Waals surface area contributed by atoms with Crippen molar-refractivity contribution in [2.24, 2.45) is 13.0 Å². The summed E-state index contributed by atoms with van der Waals surface area (Å²) in [5, 5.41) is 0. The van der Waals surface area contributed by atoms with Gasteiger partial charge in [-0.3, -0.25) is 9.59 Å². The van der Waals surface area contributed by atoms with Gasteiger partial charge in [-0.15, -0.1) is 0 Å². The molecule has 2 aromatic rings. The summed E-state index contributed by atoms with van der Waals surface area (Å²) in [5.74, 6) is -0.409. The van der Waals surface area contributed by atoms with E-state index < -0.39 is 5.92 Å². The third-order valence-corrected chi connectivity index (χ3v) is 4.99. The molecule has 1 unspecified atom stereocenters. The summed E-state index contributed by atoms with van der Waals surface area (Å²) in [6, 6.07) is 6.44. The van der Waals surface area contributed by atoms with E-state index in [0.29, 0.717) is 37.3 Å². The zero-order chi connectivity index (χ0) is 18.0. The molecule has 1 fully saturated rings. The van der Waals surface area contributed by atoms with Crippen LogP contribution >= 0.6 is 0 Å².